The number of nitrogens with zero attached hydrogens (tertiary/aromatic N) is 1. The molecule has 0 saturated heterocycles. The van der Waals surface area contributed by atoms with Gasteiger partial charge in [0, 0.05) is 13.0 Å². The highest BCUT2D eigenvalue weighted by Crippen LogP contribution is 2.19. The van der Waals surface area contributed by atoms with Crippen LogP contribution in [0.3, 0.4) is 0 Å². The van der Waals surface area contributed by atoms with E-state index in [0.717, 1.165) is 12.3 Å². The van der Waals surface area contributed by atoms with Gasteiger partial charge in [0.05, 0.1) is 5.75 Å². The Kier molecular flexibility index (Phi) is 3.36. The lowest BCUT2D eigenvalue weighted by atomic mass is 10.3. The number of hydrogen-bond donors (Lipinski definition) is 1. The van der Waals surface area contributed by atoms with Crippen LogP contribution in [0.15, 0.2) is 24.3 Å². The number of aromatic nitrogens is 1. The molecule has 4 heteroatoms. The molecule has 0 fully saturated rings. The van der Waals surface area contributed by atoms with Gasteiger partial charge in [-0.1, -0.05) is 34.3 Å². The average Bonchev–Trinajstić information content (AvgIpc) is 2.51. The lowest BCUT2D eigenvalue weighted by Gasteiger charge is -1.93. The third-order valence-electron chi connectivity index (χ3n) is 2.20. The molecule has 0 aliphatic rings. The highest BCUT2D eigenvalue weighted by Gasteiger charge is 2.15. The third kappa shape index (κ3) is 1.92. The summed E-state index contributed by atoms with van der Waals surface area (Å²) < 4.78 is 3.73. The van der Waals surface area contributed by atoms with Crippen molar-refractivity contribution < 1.29 is 4.57 Å². The Morgan fingerprint density at radius 2 is 2.21 bits per heavy atom. The predicted molar refractivity (Wildman–Crippen MR) is 68.2 cm³/mol. The number of fused-ring (bicyclic) bond motifs is 1. The van der Waals surface area contributed by atoms with Crippen molar-refractivity contribution in [2.75, 3.05) is 5.75 Å². The van der Waals surface area contributed by atoms with Gasteiger partial charge in [-0.05, 0) is 6.07 Å². The van der Waals surface area contributed by atoms with Crippen LogP contribution in [0.5, 0.6) is 0 Å². The molecule has 0 bridgehead atoms. The minimum atomic E-state index is 1.05. The Hall–Kier alpha value is -0.190. The van der Waals surface area contributed by atoms with Crippen LogP contribution in [0.2, 0.25) is 0 Å². The molecule has 0 amide bonds. The topological polar surface area (TPSA) is 3.88 Å². The van der Waals surface area contributed by atoms with Crippen molar-refractivity contribution in [2.45, 2.75) is 13.5 Å². The summed E-state index contributed by atoms with van der Waals surface area (Å²) in [5.74, 6) is 1.05. The van der Waals surface area contributed by atoms with Crippen LogP contribution >= 0.6 is 33.8 Å². The minimum absolute atomic E-state index is 1.05. The van der Waals surface area contributed by atoms with Gasteiger partial charge in [0.15, 0.2) is 6.54 Å². The summed E-state index contributed by atoms with van der Waals surface area (Å²) in [6, 6.07) is 8.55. The molecule has 0 aliphatic heterocycles. The summed E-state index contributed by atoms with van der Waals surface area (Å²) in [5, 5.41) is 1.37. The number of para-hydroxylation sites is 1. The lowest BCUT2D eigenvalue weighted by Crippen LogP contribution is -2.35. The minimum Gasteiger partial charge on any atom is -0.185 e. The Bertz CT molecular complexity index is 436. The van der Waals surface area contributed by atoms with Crippen molar-refractivity contribution >= 4 is 44.0 Å². The molecule has 0 radical (unpaired) electrons. The van der Waals surface area contributed by atoms with Crippen LogP contribution in [0, 0.1) is 6.92 Å². The second kappa shape index (κ2) is 4.55. The van der Waals surface area contributed by atoms with Gasteiger partial charge < -0.3 is 0 Å². The molecule has 0 unspecified atom stereocenters. The molecule has 0 spiro atoms. The normalized spacial score (nSPS) is 11.0. The van der Waals surface area contributed by atoms with Crippen LogP contribution in [-0.2, 0) is 6.54 Å². The van der Waals surface area contributed by atoms with E-state index in [9.17, 15) is 0 Å². The van der Waals surface area contributed by atoms with Crippen molar-refractivity contribution in [3.63, 3.8) is 0 Å². The summed E-state index contributed by atoms with van der Waals surface area (Å²) in [7, 11) is 1.60. The van der Waals surface area contributed by atoms with E-state index in [-0.39, 0.29) is 0 Å². The molecule has 1 heterocycles. The molecule has 2 rings (SSSR count). The molecule has 0 N–H and O–H groups in total. The van der Waals surface area contributed by atoms with Crippen LogP contribution in [0.1, 0.15) is 5.01 Å². The molecule has 0 atom stereocenters. The Balaban J connectivity index is 2.45. The first-order chi connectivity index (χ1) is 6.83. The maximum atomic E-state index is 4.17. The SMILES string of the molecule is Cc1sc2ccccc2[n+]1CCSS. The van der Waals surface area contributed by atoms with E-state index in [0.29, 0.717) is 0 Å². The predicted octanol–water partition coefficient (Wildman–Crippen LogP) is 3.08. The fraction of sp³-hybridized carbons (Fsp3) is 0.300. The molecule has 1 aromatic carbocycles. The largest absolute Gasteiger partial charge is 0.235 e. The zero-order valence-corrected chi connectivity index (χ0v) is 10.5. The van der Waals surface area contributed by atoms with E-state index < -0.39 is 0 Å². The number of hydrogen-bond acceptors (Lipinski definition) is 3. The van der Waals surface area contributed by atoms with Crippen molar-refractivity contribution in [1.82, 2.24) is 0 Å². The van der Waals surface area contributed by atoms with E-state index in [1.165, 1.54) is 15.2 Å². The van der Waals surface area contributed by atoms with Crippen molar-refractivity contribution in [1.29, 1.82) is 0 Å². The van der Waals surface area contributed by atoms with Gasteiger partial charge in [-0.25, -0.2) is 0 Å². The molecule has 1 nitrogen and oxygen atoms in total. The van der Waals surface area contributed by atoms with Gasteiger partial charge >= 0.3 is 0 Å². The third-order valence-corrected chi connectivity index (χ3v) is 4.19. The van der Waals surface area contributed by atoms with Gasteiger partial charge in [-0.3, -0.25) is 0 Å². The molecule has 2 aromatic rings. The van der Waals surface area contributed by atoms with Gasteiger partial charge in [-0.15, -0.1) is 11.7 Å². The summed E-state index contributed by atoms with van der Waals surface area (Å²) in [6.45, 7) is 3.22. The zero-order valence-electron chi connectivity index (χ0n) is 7.93. The molecular weight excluding hydrogens is 230 g/mol. The van der Waals surface area contributed by atoms with Crippen LogP contribution in [0.4, 0.5) is 0 Å². The number of thiol groups is 1. The maximum Gasteiger partial charge on any atom is 0.235 e. The number of benzene rings is 1. The smallest absolute Gasteiger partial charge is 0.185 e. The quantitative estimate of drug-likeness (QED) is 0.492. The monoisotopic (exact) mass is 242 g/mol. The Morgan fingerprint density at radius 3 is 3.00 bits per heavy atom. The van der Waals surface area contributed by atoms with Crippen molar-refractivity contribution in [2.24, 2.45) is 0 Å². The second-order valence-electron chi connectivity index (χ2n) is 3.07. The summed E-state index contributed by atoms with van der Waals surface area (Å²) >= 11 is 6.02. The molecule has 74 valence electrons. The molecule has 0 aliphatic carbocycles. The molecular formula is C10H12NS3+. The standard InChI is InChI=1S/C10H11NS3/c1-8-11(6-7-13-12)9-4-2-3-5-10(9)14-8/h2-5H,6-7H2,1H3/p+1. The van der Waals surface area contributed by atoms with E-state index in [4.69, 9.17) is 0 Å². The Labute approximate surface area is 97.0 Å². The van der Waals surface area contributed by atoms with Crippen LogP contribution < -0.4 is 4.57 Å². The van der Waals surface area contributed by atoms with Gasteiger partial charge in [0.2, 0.25) is 10.5 Å². The van der Waals surface area contributed by atoms with E-state index in [1.807, 2.05) is 11.3 Å². The first-order valence-corrected chi connectivity index (χ1v) is 7.32. The number of thiazole rings is 1. The average molecular weight is 242 g/mol. The van der Waals surface area contributed by atoms with E-state index in [1.54, 1.807) is 10.8 Å². The number of rotatable bonds is 3. The Morgan fingerprint density at radius 1 is 1.43 bits per heavy atom. The molecule has 0 saturated carbocycles. The highest BCUT2D eigenvalue weighted by atomic mass is 33.1. The van der Waals surface area contributed by atoms with Crippen molar-refractivity contribution in [3.05, 3.63) is 29.3 Å². The summed E-state index contributed by atoms with van der Waals surface area (Å²) in [6.07, 6.45) is 0. The number of aryl methyl sites for hydroxylation is 2. The van der Waals surface area contributed by atoms with Crippen LogP contribution in [-0.4, -0.2) is 5.75 Å². The second-order valence-corrected chi connectivity index (χ2v) is 5.75. The maximum absolute atomic E-state index is 4.17. The van der Waals surface area contributed by atoms with Crippen molar-refractivity contribution in [3.8, 4) is 0 Å². The van der Waals surface area contributed by atoms with E-state index in [2.05, 4.69) is 47.4 Å². The van der Waals surface area contributed by atoms with Gasteiger partial charge in [0.25, 0.3) is 0 Å². The highest BCUT2D eigenvalue weighted by molar-refractivity contribution is 8.68. The van der Waals surface area contributed by atoms with Gasteiger partial charge in [-0.2, -0.15) is 4.57 Å². The lowest BCUT2D eigenvalue weighted by molar-refractivity contribution is -0.668. The molecule has 1 aromatic heterocycles. The van der Waals surface area contributed by atoms with E-state index >= 15 is 0 Å². The zero-order chi connectivity index (χ0) is 9.97. The first-order valence-electron chi connectivity index (χ1n) is 4.47. The summed E-state index contributed by atoms with van der Waals surface area (Å²) in [5.41, 5.74) is 1.34. The fourth-order valence-electron chi connectivity index (χ4n) is 1.56. The summed E-state index contributed by atoms with van der Waals surface area (Å²) in [4.78, 5) is 0. The van der Waals surface area contributed by atoms with Crippen LogP contribution in [0.25, 0.3) is 10.2 Å². The molecule has 14 heavy (non-hydrogen) atoms. The van der Waals surface area contributed by atoms with Gasteiger partial charge in [0.1, 0.15) is 4.70 Å². The fourth-order valence-corrected chi connectivity index (χ4v) is 3.12. The first kappa shape index (κ1) is 10.3.